The summed E-state index contributed by atoms with van der Waals surface area (Å²) < 4.78 is 17.1. The molecule has 2 heterocycles. The first-order valence-corrected chi connectivity index (χ1v) is 14.3. The molecule has 0 fully saturated rings. The summed E-state index contributed by atoms with van der Waals surface area (Å²) in [4.78, 5) is 74.7. The molecular formula is C24H29N8O10P. The highest BCUT2D eigenvalue weighted by Crippen LogP contribution is 2.45. The Labute approximate surface area is 243 Å². The molecule has 0 aliphatic rings. The van der Waals surface area contributed by atoms with Crippen molar-refractivity contribution in [1.82, 2.24) is 25.3 Å². The fourth-order valence-corrected chi connectivity index (χ4v) is 5.06. The van der Waals surface area contributed by atoms with Gasteiger partial charge >= 0.3 is 25.5 Å². The Hall–Kier alpha value is -4.93. The van der Waals surface area contributed by atoms with Crippen molar-refractivity contribution in [2.45, 2.75) is 38.0 Å². The SMILES string of the molecule is CN(Cc1cnc2nc(N)nc(N)c2n1)c1ccc(C(=O)N[C@@H](CCP(=O)(O)O[C@@H](CCC(=O)O)C(=O)O)C(=O)O)cc1. The maximum absolute atomic E-state index is 12.7. The van der Waals surface area contributed by atoms with E-state index in [0.29, 0.717) is 23.4 Å². The van der Waals surface area contributed by atoms with Gasteiger partial charge in [-0.25, -0.2) is 19.6 Å². The number of fused-ring (bicyclic) bond motifs is 1. The summed E-state index contributed by atoms with van der Waals surface area (Å²) in [5.41, 5.74) is 13.3. The van der Waals surface area contributed by atoms with E-state index in [4.69, 9.17) is 26.2 Å². The maximum Gasteiger partial charge on any atom is 0.333 e. The van der Waals surface area contributed by atoms with Crippen LogP contribution < -0.4 is 21.7 Å². The van der Waals surface area contributed by atoms with Crippen molar-refractivity contribution in [2.24, 2.45) is 0 Å². The molecule has 0 saturated carbocycles. The number of hydrogen-bond acceptors (Lipinski definition) is 13. The van der Waals surface area contributed by atoms with E-state index in [1.54, 1.807) is 24.1 Å². The first kappa shape index (κ1) is 32.6. The molecule has 0 bridgehead atoms. The van der Waals surface area contributed by atoms with E-state index in [-0.39, 0.29) is 23.0 Å². The highest BCUT2D eigenvalue weighted by atomic mass is 31.2. The zero-order valence-corrected chi connectivity index (χ0v) is 23.5. The van der Waals surface area contributed by atoms with E-state index in [2.05, 4.69) is 25.3 Å². The number of amides is 1. The molecular weight excluding hydrogens is 591 g/mol. The summed E-state index contributed by atoms with van der Waals surface area (Å²) in [5.74, 6) is -5.20. The Morgan fingerprint density at radius 1 is 1.02 bits per heavy atom. The molecule has 0 aliphatic heterocycles. The zero-order valence-electron chi connectivity index (χ0n) is 22.7. The average molecular weight is 621 g/mol. The lowest BCUT2D eigenvalue weighted by molar-refractivity contribution is -0.147. The normalized spacial score (nSPS) is 13.9. The number of carbonyl (C=O) groups is 4. The Bertz CT molecular complexity index is 1570. The Kier molecular flexibility index (Phi) is 10.5. The second-order valence-electron chi connectivity index (χ2n) is 9.28. The summed E-state index contributed by atoms with van der Waals surface area (Å²) in [7, 11) is -2.90. The van der Waals surface area contributed by atoms with E-state index >= 15 is 0 Å². The molecule has 43 heavy (non-hydrogen) atoms. The minimum absolute atomic E-state index is 0.0239. The minimum Gasteiger partial charge on any atom is -0.481 e. The Morgan fingerprint density at radius 2 is 1.70 bits per heavy atom. The Morgan fingerprint density at radius 3 is 2.30 bits per heavy atom. The molecule has 3 rings (SSSR count). The monoisotopic (exact) mass is 620 g/mol. The molecule has 1 unspecified atom stereocenters. The summed E-state index contributed by atoms with van der Waals surface area (Å²) in [5, 5.41) is 29.6. The van der Waals surface area contributed by atoms with Crippen LogP contribution in [0.5, 0.6) is 0 Å². The van der Waals surface area contributed by atoms with Gasteiger partial charge in [0.25, 0.3) is 5.91 Å². The Balaban J connectivity index is 1.60. The van der Waals surface area contributed by atoms with Gasteiger partial charge in [0, 0.05) is 24.7 Å². The largest absolute Gasteiger partial charge is 0.481 e. The van der Waals surface area contributed by atoms with E-state index < -0.39 is 69.0 Å². The third-order valence-electron chi connectivity index (χ3n) is 5.96. The molecule has 0 radical (unpaired) electrons. The van der Waals surface area contributed by atoms with Crippen molar-refractivity contribution in [3.8, 4) is 0 Å². The van der Waals surface area contributed by atoms with Gasteiger partial charge in [-0.05, 0) is 37.1 Å². The van der Waals surface area contributed by atoms with Gasteiger partial charge < -0.3 is 41.9 Å². The predicted molar refractivity (Wildman–Crippen MR) is 150 cm³/mol. The van der Waals surface area contributed by atoms with Crippen LogP contribution in [0, 0.1) is 0 Å². The fourth-order valence-electron chi connectivity index (χ4n) is 3.78. The molecule has 2 aromatic heterocycles. The smallest absolute Gasteiger partial charge is 0.333 e. The predicted octanol–water partition coefficient (Wildman–Crippen LogP) is 0.314. The number of nitrogens with two attached hydrogens (primary N) is 2. The van der Waals surface area contributed by atoms with Gasteiger partial charge in [0.05, 0.1) is 24.6 Å². The third kappa shape index (κ3) is 9.29. The highest BCUT2D eigenvalue weighted by Gasteiger charge is 2.32. The summed E-state index contributed by atoms with van der Waals surface area (Å²) in [6.07, 6.45) is -2.97. The lowest BCUT2D eigenvalue weighted by atomic mass is 10.1. The second kappa shape index (κ2) is 13.8. The van der Waals surface area contributed by atoms with Crippen LogP contribution in [0.4, 0.5) is 17.5 Å². The van der Waals surface area contributed by atoms with Crippen molar-refractivity contribution in [3.63, 3.8) is 0 Å². The fraction of sp³-hybridized carbons (Fsp3) is 0.333. The number of anilines is 3. The number of nitrogen functional groups attached to an aromatic ring is 2. The van der Waals surface area contributed by atoms with Gasteiger partial charge in [-0.3, -0.25) is 18.7 Å². The standard InChI is InChI=1S/C24H29N8O10P/c1-32(11-13-10-27-20-18(28-13)19(25)30-24(26)31-20)14-4-2-12(3-5-14)21(35)29-15(22(36)37)8-9-43(40,41)42-16(23(38)39)6-7-17(33)34/h2-5,10,15-16H,6-9,11H2,1H3,(H,29,35)(H,33,34)(H,36,37)(H,38,39)(H,40,41)(H4,25,26,27,30,31)/t15-,16-/m0/s1. The number of aromatic nitrogens is 4. The summed E-state index contributed by atoms with van der Waals surface area (Å²) in [6.45, 7) is 0.293. The molecule has 1 aromatic carbocycles. The number of aliphatic carboxylic acids is 3. The van der Waals surface area contributed by atoms with Crippen molar-refractivity contribution >= 4 is 60.0 Å². The number of hydrogen-bond donors (Lipinski definition) is 7. The van der Waals surface area contributed by atoms with Gasteiger partial charge in [0.1, 0.15) is 6.04 Å². The zero-order chi connectivity index (χ0) is 31.9. The van der Waals surface area contributed by atoms with Crippen LogP contribution in [0.15, 0.2) is 30.5 Å². The van der Waals surface area contributed by atoms with E-state index in [0.717, 1.165) is 0 Å². The van der Waals surface area contributed by atoms with Crippen molar-refractivity contribution in [1.29, 1.82) is 0 Å². The van der Waals surface area contributed by atoms with Gasteiger partial charge in [0.15, 0.2) is 23.1 Å². The van der Waals surface area contributed by atoms with Crippen LogP contribution in [0.3, 0.4) is 0 Å². The van der Waals surface area contributed by atoms with Crippen LogP contribution in [0.2, 0.25) is 0 Å². The van der Waals surface area contributed by atoms with E-state index in [1.165, 1.54) is 18.3 Å². The quantitative estimate of drug-likeness (QED) is 0.112. The van der Waals surface area contributed by atoms with Crippen LogP contribution in [0.1, 0.15) is 35.3 Å². The molecule has 0 spiro atoms. The number of benzene rings is 1. The molecule has 19 heteroatoms. The lowest BCUT2D eigenvalue weighted by Gasteiger charge is -2.20. The van der Waals surface area contributed by atoms with Crippen LogP contribution in [-0.2, 0) is 30.0 Å². The van der Waals surface area contributed by atoms with Gasteiger partial charge in [-0.15, -0.1) is 0 Å². The first-order valence-electron chi connectivity index (χ1n) is 12.5. The molecule has 1 amide bonds. The minimum atomic E-state index is -4.66. The molecule has 9 N–H and O–H groups in total. The highest BCUT2D eigenvalue weighted by molar-refractivity contribution is 7.52. The summed E-state index contributed by atoms with van der Waals surface area (Å²) in [6, 6.07) is 4.49. The topological polar surface area (TPSA) is 294 Å². The lowest BCUT2D eigenvalue weighted by Crippen LogP contribution is -2.41. The van der Waals surface area contributed by atoms with E-state index in [1.807, 2.05) is 0 Å². The molecule has 230 valence electrons. The van der Waals surface area contributed by atoms with Crippen LogP contribution in [-0.4, -0.2) is 89.3 Å². The average Bonchev–Trinajstić information content (AvgIpc) is 2.93. The number of rotatable bonds is 15. The maximum atomic E-state index is 12.7. The van der Waals surface area contributed by atoms with Crippen molar-refractivity contribution < 1.29 is 48.5 Å². The number of carboxylic acid groups (broad SMARTS) is 3. The molecule has 3 aromatic rings. The molecule has 18 nitrogen and oxygen atoms in total. The first-order chi connectivity index (χ1) is 20.1. The second-order valence-corrected chi connectivity index (χ2v) is 11.2. The molecule has 3 atom stereocenters. The summed E-state index contributed by atoms with van der Waals surface area (Å²) >= 11 is 0. The van der Waals surface area contributed by atoms with Crippen molar-refractivity contribution in [2.75, 3.05) is 29.6 Å². The number of nitrogens with one attached hydrogen (secondary N) is 1. The van der Waals surface area contributed by atoms with Gasteiger partial charge in [-0.2, -0.15) is 9.97 Å². The van der Waals surface area contributed by atoms with Crippen molar-refractivity contribution in [3.05, 3.63) is 41.7 Å². The van der Waals surface area contributed by atoms with E-state index in [9.17, 15) is 33.7 Å². The number of carbonyl (C=O) groups excluding carboxylic acids is 1. The molecule has 0 saturated heterocycles. The van der Waals surface area contributed by atoms with Gasteiger partial charge in [0.2, 0.25) is 5.95 Å². The van der Waals surface area contributed by atoms with Crippen LogP contribution in [0.25, 0.3) is 11.2 Å². The number of carboxylic acids is 3. The van der Waals surface area contributed by atoms with Gasteiger partial charge in [-0.1, -0.05) is 0 Å². The number of nitrogens with zero attached hydrogens (tertiary/aromatic N) is 5. The molecule has 0 aliphatic carbocycles. The van der Waals surface area contributed by atoms with Crippen LogP contribution >= 0.6 is 7.60 Å². The third-order valence-corrected chi connectivity index (χ3v) is 7.37.